The lowest BCUT2D eigenvalue weighted by atomic mass is 10.2. The summed E-state index contributed by atoms with van der Waals surface area (Å²) in [5.74, 6) is -0.182. The van der Waals surface area contributed by atoms with E-state index in [0.717, 1.165) is 0 Å². The Labute approximate surface area is 93.9 Å². The molecule has 0 aromatic carbocycles. The van der Waals surface area contributed by atoms with Crippen molar-refractivity contribution >= 4 is 11.8 Å². The zero-order valence-electron chi connectivity index (χ0n) is 9.54. The Bertz CT molecular complexity index is 370. The highest BCUT2D eigenvalue weighted by atomic mass is 16.5. The number of anilines is 1. The van der Waals surface area contributed by atoms with Gasteiger partial charge < -0.3 is 14.7 Å². The summed E-state index contributed by atoms with van der Waals surface area (Å²) in [5, 5.41) is 8.79. The number of aliphatic carboxylic acids is 1. The van der Waals surface area contributed by atoms with Gasteiger partial charge in [0.15, 0.2) is 0 Å². The van der Waals surface area contributed by atoms with E-state index in [9.17, 15) is 4.79 Å². The Morgan fingerprint density at radius 3 is 2.88 bits per heavy atom. The van der Waals surface area contributed by atoms with Crippen LogP contribution in [0.25, 0.3) is 0 Å². The van der Waals surface area contributed by atoms with Crippen molar-refractivity contribution in [3.05, 3.63) is 12.4 Å². The number of rotatable bonds is 5. The first-order chi connectivity index (χ1) is 7.54. The summed E-state index contributed by atoms with van der Waals surface area (Å²) in [4.78, 5) is 20.4. The summed E-state index contributed by atoms with van der Waals surface area (Å²) < 4.78 is 4.96. The lowest BCUT2D eigenvalue weighted by molar-refractivity contribution is -0.140. The van der Waals surface area contributed by atoms with Gasteiger partial charge in [0.05, 0.1) is 13.0 Å². The van der Waals surface area contributed by atoms with Gasteiger partial charge in [-0.3, -0.25) is 4.79 Å². The topological polar surface area (TPSA) is 75.5 Å². The van der Waals surface area contributed by atoms with E-state index in [1.165, 1.54) is 13.4 Å². The second-order valence-corrected chi connectivity index (χ2v) is 3.54. The Hall–Kier alpha value is -1.85. The second-order valence-electron chi connectivity index (χ2n) is 3.54. The molecule has 0 aliphatic heterocycles. The summed E-state index contributed by atoms with van der Waals surface area (Å²) in [6.07, 6.45) is 1.39. The van der Waals surface area contributed by atoms with Gasteiger partial charge in [-0.1, -0.05) is 6.92 Å². The normalized spacial score (nSPS) is 11.9. The van der Waals surface area contributed by atoms with Crippen LogP contribution >= 0.6 is 0 Å². The van der Waals surface area contributed by atoms with E-state index in [4.69, 9.17) is 9.84 Å². The molecule has 1 aromatic heterocycles. The summed E-state index contributed by atoms with van der Waals surface area (Å²) in [6, 6.07) is 1.66. The third-order valence-electron chi connectivity index (χ3n) is 2.20. The second kappa shape index (κ2) is 5.29. The molecule has 6 nitrogen and oxygen atoms in total. The number of carbonyl (C=O) groups is 1. The number of carboxylic acids is 1. The van der Waals surface area contributed by atoms with Gasteiger partial charge >= 0.3 is 5.97 Å². The highest BCUT2D eigenvalue weighted by molar-refractivity contribution is 5.70. The quantitative estimate of drug-likeness (QED) is 0.792. The van der Waals surface area contributed by atoms with E-state index in [1.807, 2.05) is 0 Å². The maximum absolute atomic E-state index is 10.7. The SMILES string of the molecule is COc1cc(N(C)CC(C)C(=O)O)ncn1. The van der Waals surface area contributed by atoms with Crippen molar-refractivity contribution in [2.75, 3.05) is 25.6 Å². The summed E-state index contributed by atoms with van der Waals surface area (Å²) in [7, 11) is 3.30. The van der Waals surface area contributed by atoms with E-state index in [2.05, 4.69) is 9.97 Å². The van der Waals surface area contributed by atoms with Gasteiger partial charge in [-0.2, -0.15) is 0 Å². The molecule has 0 radical (unpaired) electrons. The third-order valence-corrected chi connectivity index (χ3v) is 2.20. The highest BCUT2D eigenvalue weighted by Crippen LogP contribution is 2.15. The van der Waals surface area contributed by atoms with E-state index in [-0.39, 0.29) is 0 Å². The zero-order valence-corrected chi connectivity index (χ0v) is 9.54. The molecule has 0 saturated carbocycles. The van der Waals surface area contributed by atoms with Crippen LogP contribution in [0.3, 0.4) is 0 Å². The first-order valence-electron chi connectivity index (χ1n) is 4.84. The van der Waals surface area contributed by atoms with Crippen molar-refractivity contribution in [2.45, 2.75) is 6.92 Å². The van der Waals surface area contributed by atoms with Crippen LogP contribution in [-0.4, -0.2) is 41.7 Å². The molecule has 1 N–H and O–H groups in total. The standard InChI is InChI=1S/C10H15N3O3/c1-7(10(14)15)5-13(2)8-4-9(16-3)12-6-11-8/h4,6-7H,5H2,1-3H3,(H,14,15). The van der Waals surface area contributed by atoms with Crippen LogP contribution in [-0.2, 0) is 4.79 Å². The van der Waals surface area contributed by atoms with Crippen LogP contribution in [0.5, 0.6) is 5.88 Å². The summed E-state index contributed by atoms with van der Waals surface area (Å²) in [6.45, 7) is 2.03. The molecule has 6 heteroatoms. The van der Waals surface area contributed by atoms with Crippen molar-refractivity contribution in [2.24, 2.45) is 5.92 Å². The van der Waals surface area contributed by atoms with E-state index < -0.39 is 11.9 Å². The van der Waals surface area contributed by atoms with Crippen molar-refractivity contribution in [3.63, 3.8) is 0 Å². The number of hydrogen-bond donors (Lipinski definition) is 1. The Morgan fingerprint density at radius 1 is 1.62 bits per heavy atom. The fourth-order valence-corrected chi connectivity index (χ4v) is 1.23. The largest absolute Gasteiger partial charge is 0.481 e. The minimum atomic E-state index is -0.826. The minimum absolute atomic E-state index is 0.384. The van der Waals surface area contributed by atoms with Crippen molar-refractivity contribution < 1.29 is 14.6 Å². The molecule has 0 amide bonds. The lowest BCUT2D eigenvalue weighted by Gasteiger charge is -2.20. The van der Waals surface area contributed by atoms with Gasteiger partial charge in [0.25, 0.3) is 0 Å². The maximum atomic E-state index is 10.7. The van der Waals surface area contributed by atoms with Crippen LogP contribution in [0.1, 0.15) is 6.92 Å². The molecule has 0 aliphatic carbocycles. The highest BCUT2D eigenvalue weighted by Gasteiger charge is 2.14. The van der Waals surface area contributed by atoms with E-state index >= 15 is 0 Å². The van der Waals surface area contributed by atoms with Gasteiger partial charge in [0.2, 0.25) is 5.88 Å². The van der Waals surface area contributed by atoms with Crippen LogP contribution in [0.4, 0.5) is 5.82 Å². The molecule has 0 aliphatic rings. The number of aromatic nitrogens is 2. The smallest absolute Gasteiger partial charge is 0.308 e. The number of carboxylic acid groups (broad SMARTS) is 1. The van der Waals surface area contributed by atoms with Crippen LogP contribution in [0.2, 0.25) is 0 Å². The first kappa shape index (κ1) is 12.2. The van der Waals surface area contributed by atoms with Gasteiger partial charge in [-0.15, -0.1) is 0 Å². The third kappa shape index (κ3) is 3.08. The molecule has 1 rings (SSSR count). The molecule has 1 heterocycles. The first-order valence-corrected chi connectivity index (χ1v) is 4.84. The molecular formula is C10H15N3O3. The molecule has 0 fully saturated rings. The average Bonchev–Trinajstić information content (AvgIpc) is 2.28. The van der Waals surface area contributed by atoms with E-state index in [1.54, 1.807) is 24.9 Å². The fourth-order valence-electron chi connectivity index (χ4n) is 1.23. The Kier molecular flexibility index (Phi) is 4.04. The average molecular weight is 225 g/mol. The van der Waals surface area contributed by atoms with Crippen molar-refractivity contribution in [1.82, 2.24) is 9.97 Å². The molecule has 1 atom stereocenters. The zero-order chi connectivity index (χ0) is 12.1. The number of ether oxygens (including phenoxy) is 1. The van der Waals surface area contributed by atoms with Gasteiger partial charge in [0.1, 0.15) is 12.1 Å². The molecule has 16 heavy (non-hydrogen) atoms. The molecule has 0 bridgehead atoms. The number of hydrogen-bond acceptors (Lipinski definition) is 5. The predicted octanol–water partition coefficient (Wildman–Crippen LogP) is 0.642. The summed E-state index contributed by atoms with van der Waals surface area (Å²) >= 11 is 0. The molecule has 1 aromatic rings. The predicted molar refractivity (Wildman–Crippen MR) is 58.7 cm³/mol. The van der Waals surface area contributed by atoms with E-state index in [0.29, 0.717) is 18.2 Å². The molecular weight excluding hydrogens is 210 g/mol. The molecule has 1 unspecified atom stereocenters. The van der Waals surface area contributed by atoms with Crippen LogP contribution < -0.4 is 9.64 Å². The van der Waals surface area contributed by atoms with Crippen molar-refractivity contribution in [1.29, 1.82) is 0 Å². The van der Waals surface area contributed by atoms with Crippen LogP contribution in [0, 0.1) is 5.92 Å². The van der Waals surface area contributed by atoms with Crippen LogP contribution in [0.15, 0.2) is 12.4 Å². The monoisotopic (exact) mass is 225 g/mol. The van der Waals surface area contributed by atoms with Gasteiger partial charge in [0, 0.05) is 19.7 Å². The Balaban J connectivity index is 2.72. The fraction of sp³-hybridized carbons (Fsp3) is 0.500. The molecule has 88 valence electrons. The Morgan fingerprint density at radius 2 is 2.31 bits per heavy atom. The minimum Gasteiger partial charge on any atom is -0.481 e. The lowest BCUT2D eigenvalue weighted by Crippen LogP contribution is -2.29. The molecule has 0 saturated heterocycles. The number of nitrogens with zero attached hydrogens (tertiary/aromatic N) is 3. The summed E-state index contributed by atoms with van der Waals surface area (Å²) in [5.41, 5.74) is 0. The van der Waals surface area contributed by atoms with Gasteiger partial charge in [-0.05, 0) is 0 Å². The van der Waals surface area contributed by atoms with Gasteiger partial charge in [-0.25, -0.2) is 9.97 Å². The maximum Gasteiger partial charge on any atom is 0.308 e. The van der Waals surface area contributed by atoms with Crippen molar-refractivity contribution in [3.8, 4) is 5.88 Å². The number of methoxy groups -OCH3 is 1. The molecule has 0 spiro atoms.